The van der Waals surface area contributed by atoms with E-state index in [1.807, 2.05) is 25.1 Å². The van der Waals surface area contributed by atoms with Crippen molar-refractivity contribution in [1.29, 1.82) is 0 Å². The third kappa shape index (κ3) is 3.73. The molecule has 0 unspecified atom stereocenters. The van der Waals surface area contributed by atoms with Crippen LogP contribution in [0.1, 0.15) is 23.0 Å². The molecule has 1 N–H and O–H groups in total. The molecule has 0 atom stereocenters. The first-order chi connectivity index (χ1) is 13.5. The Balaban J connectivity index is 1.46. The Morgan fingerprint density at radius 1 is 1.11 bits per heavy atom. The molecule has 1 amide bonds. The molecule has 1 aromatic heterocycles. The van der Waals surface area contributed by atoms with E-state index < -0.39 is 0 Å². The number of amides is 1. The number of fused-ring (bicyclic) bond motifs is 1. The van der Waals surface area contributed by atoms with Gasteiger partial charge in [0.15, 0.2) is 5.76 Å². The number of likely N-dealkylation sites (N-methyl/N-ethyl adjacent to an activating group) is 1. The van der Waals surface area contributed by atoms with Gasteiger partial charge >= 0.3 is 0 Å². The first kappa shape index (κ1) is 18.8. The monoisotopic (exact) mass is 397 g/mol. The van der Waals surface area contributed by atoms with E-state index in [-0.39, 0.29) is 5.91 Å². The van der Waals surface area contributed by atoms with Gasteiger partial charge in [-0.2, -0.15) is 0 Å². The van der Waals surface area contributed by atoms with E-state index in [9.17, 15) is 4.79 Å². The number of carbonyl (C=O) groups is 1. The summed E-state index contributed by atoms with van der Waals surface area (Å²) in [7, 11) is 0. The van der Waals surface area contributed by atoms with Crippen molar-refractivity contribution in [3.63, 3.8) is 0 Å². The number of aryl methyl sites for hydroxylation is 1. The van der Waals surface area contributed by atoms with Crippen molar-refractivity contribution < 1.29 is 9.21 Å². The van der Waals surface area contributed by atoms with Crippen molar-refractivity contribution in [1.82, 2.24) is 4.90 Å². The lowest BCUT2D eigenvalue weighted by Crippen LogP contribution is -2.46. The van der Waals surface area contributed by atoms with Crippen molar-refractivity contribution in [3.8, 4) is 0 Å². The minimum Gasteiger partial charge on any atom is -0.451 e. The maximum absolute atomic E-state index is 12.7. The zero-order chi connectivity index (χ0) is 19.7. The molecule has 0 radical (unpaired) electrons. The molecule has 6 heteroatoms. The molecular weight excluding hydrogens is 374 g/mol. The molecule has 1 saturated heterocycles. The van der Waals surface area contributed by atoms with Gasteiger partial charge in [-0.1, -0.05) is 18.5 Å². The summed E-state index contributed by atoms with van der Waals surface area (Å²) in [5.74, 6) is 0.0613. The normalized spacial score (nSPS) is 15.2. The van der Waals surface area contributed by atoms with E-state index in [1.165, 1.54) is 5.69 Å². The van der Waals surface area contributed by atoms with Crippen LogP contribution in [0.4, 0.5) is 11.4 Å². The van der Waals surface area contributed by atoms with Crippen LogP contribution in [0.3, 0.4) is 0 Å². The highest BCUT2D eigenvalue weighted by atomic mass is 35.5. The van der Waals surface area contributed by atoms with E-state index in [0.717, 1.165) is 49.4 Å². The van der Waals surface area contributed by atoms with Gasteiger partial charge in [-0.05, 0) is 55.9 Å². The second-order valence-electron chi connectivity index (χ2n) is 7.12. The number of hydrogen-bond donors (Lipinski definition) is 1. The second-order valence-corrected chi connectivity index (χ2v) is 7.56. The Bertz CT molecular complexity index is 989. The quantitative estimate of drug-likeness (QED) is 0.687. The van der Waals surface area contributed by atoms with Crippen LogP contribution in [-0.2, 0) is 0 Å². The smallest absolute Gasteiger partial charge is 0.291 e. The zero-order valence-electron chi connectivity index (χ0n) is 16.2. The fourth-order valence-corrected chi connectivity index (χ4v) is 3.85. The van der Waals surface area contributed by atoms with E-state index in [1.54, 1.807) is 12.1 Å². The Hall–Kier alpha value is -2.50. The molecule has 3 aromatic rings. The van der Waals surface area contributed by atoms with Gasteiger partial charge in [0.2, 0.25) is 0 Å². The molecule has 146 valence electrons. The lowest BCUT2D eigenvalue weighted by atomic mass is 10.1. The molecule has 1 aliphatic rings. The molecule has 4 rings (SSSR count). The van der Waals surface area contributed by atoms with Gasteiger partial charge in [0, 0.05) is 53.5 Å². The second kappa shape index (κ2) is 7.86. The largest absolute Gasteiger partial charge is 0.451 e. The number of nitrogens with one attached hydrogen (secondary N) is 1. The van der Waals surface area contributed by atoms with Gasteiger partial charge < -0.3 is 19.5 Å². The number of hydrogen-bond acceptors (Lipinski definition) is 4. The van der Waals surface area contributed by atoms with Gasteiger partial charge in [0.25, 0.3) is 5.91 Å². The Morgan fingerprint density at radius 2 is 1.82 bits per heavy atom. The number of carbonyl (C=O) groups excluding carboxylic acids is 1. The average Bonchev–Trinajstić information content (AvgIpc) is 3.05. The number of nitrogens with zero attached hydrogens (tertiary/aromatic N) is 2. The van der Waals surface area contributed by atoms with Crippen LogP contribution in [0.2, 0.25) is 5.02 Å². The molecule has 0 spiro atoms. The summed E-state index contributed by atoms with van der Waals surface area (Å²) in [6.45, 7) is 9.41. The molecular formula is C22H24ClN3O2. The van der Waals surface area contributed by atoms with E-state index in [4.69, 9.17) is 16.0 Å². The van der Waals surface area contributed by atoms with E-state index in [2.05, 4.69) is 34.2 Å². The van der Waals surface area contributed by atoms with Crippen LogP contribution < -0.4 is 10.2 Å². The molecule has 28 heavy (non-hydrogen) atoms. The zero-order valence-corrected chi connectivity index (χ0v) is 16.9. The highest BCUT2D eigenvalue weighted by Gasteiger charge is 2.19. The number of piperazine rings is 1. The Kier molecular flexibility index (Phi) is 5.29. The van der Waals surface area contributed by atoms with Crippen LogP contribution in [0.5, 0.6) is 0 Å². The third-order valence-electron chi connectivity index (χ3n) is 5.41. The lowest BCUT2D eigenvalue weighted by molar-refractivity contribution is 0.0998. The summed E-state index contributed by atoms with van der Waals surface area (Å²) >= 11 is 6.06. The number of furan rings is 1. The van der Waals surface area contributed by atoms with Crippen LogP contribution in [0, 0.1) is 6.92 Å². The highest BCUT2D eigenvalue weighted by molar-refractivity contribution is 6.31. The van der Waals surface area contributed by atoms with Crippen molar-refractivity contribution >= 4 is 39.9 Å². The maximum atomic E-state index is 12.7. The van der Waals surface area contributed by atoms with Gasteiger partial charge in [-0.25, -0.2) is 0 Å². The minimum absolute atomic E-state index is 0.255. The molecule has 1 fully saturated rings. The number of halogens is 1. The molecule has 0 bridgehead atoms. The predicted molar refractivity (Wildman–Crippen MR) is 115 cm³/mol. The molecule has 0 saturated carbocycles. The van der Waals surface area contributed by atoms with Crippen molar-refractivity contribution in [3.05, 3.63) is 58.8 Å². The van der Waals surface area contributed by atoms with Gasteiger partial charge in [-0.3, -0.25) is 4.79 Å². The van der Waals surface area contributed by atoms with Crippen molar-refractivity contribution in [2.24, 2.45) is 0 Å². The fraction of sp³-hybridized carbons (Fsp3) is 0.318. The summed E-state index contributed by atoms with van der Waals surface area (Å²) in [5.41, 5.74) is 3.39. The maximum Gasteiger partial charge on any atom is 0.291 e. The van der Waals surface area contributed by atoms with Crippen molar-refractivity contribution in [2.75, 3.05) is 42.9 Å². The summed E-state index contributed by atoms with van der Waals surface area (Å²) in [5, 5.41) is 4.41. The minimum atomic E-state index is -0.255. The number of benzene rings is 2. The molecule has 5 nitrogen and oxygen atoms in total. The van der Waals surface area contributed by atoms with Crippen LogP contribution in [-0.4, -0.2) is 43.5 Å². The number of anilines is 2. The van der Waals surface area contributed by atoms with Gasteiger partial charge in [0.1, 0.15) is 5.58 Å². The number of rotatable bonds is 4. The molecule has 1 aliphatic heterocycles. The first-order valence-corrected chi connectivity index (χ1v) is 10.0. The molecule has 2 heterocycles. The summed E-state index contributed by atoms with van der Waals surface area (Å²) in [4.78, 5) is 17.5. The van der Waals surface area contributed by atoms with Gasteiger partial charge in [-0.15, -0.1) is 0 Å². The molecule has 0 aliphatic carbocycles. The van der Waals surface area contributed by atoms with E-state index in [0.29, 0.717) is 16.4 Å². The highest BCUT2D eigenvalue weighted by Crippen LogP contribution is 2.28. The van der Waals surface area contributed by atoms with Crippen LogP contribution >= 0.6 is 11.6 Å². The molecule has 2 aromatic carbocycles. The Morgan fingerprint density at radius 3 is 2.50 bits per heavy atom. The Labute approximate surface area is 169 Å². The SMILES string of the molecule is CCN1CCN(c2ccc(NC(=O)c3oc4ccc(Cl)cc4c3C)cc2)CC1. The lowest BCUT2D eigenvalue weighted by Gasteiger charge is -2.35. The summed E-state index contributed by atoms with van der Waals surface area (Å²) < 4.78 is 5.74. The third-order valence-corrected chi connectivity index (χ3v) is 5.65. The topological polar surface area (TPSA) is 48.7 Å². The van der Waals surface area contributed by atoms with Crippen LogP contribution in [0.15, 0.2) is 46.9 Å². The standard InChI is InChI=1S/C22H24ClN3O2/c1-3-25-10-12-26(13-11-25)18-7-5-17(6-8-18)24-22(27)21-15(2)19-14-16(23)4-9-20(19)28-21/h4-9,14H,3,10-13H2,1-2H3,(H,24,27). The van der Waals surface area contributed by atoms with Crippen LogP contribution in [0.25, 0.3) is 11.0 Å². The summed E-state index contributed by atoms with van der Waals surface area (Å²) in [6, 6.07) is 13.4. The van der Waals surface area contributed by atoms with E-state index >= 15 is 0 Å². The predicted octanol–water partition coefficient (Wildman–Crippen LogP) is 4.79. The summed E-state index contributed by atoms with van der Waals surface area (Å²) in [6.07, 6.45) is 0. The van der Waals surface area contributed by atoms with Gasteiger partial charge in [0.05, 0.1) is 0 Å². The fourth-order valence-electron chi connectivity index (χ4n) is 3.68. The van der Waals surface area contributed by atoms with Crippen molar-refractivity contribution in [2.45, 2.75) is 13.8 Å². The first-order valence-electron chi connectivity index (χ1n) is 9.62. The average molecular weight is 398 g/mol.